The van der Waals surface area contributed by atoms with Crippen LogP contribution in [0.4, 0.5) is 0 Å². The van der Waals surface area contributed by atoms with E-state index >= 15 is 0 Å². The van der Waals surface area contributed by atoms with Crippen molar-refractivity contribution in [2.75, 3.05) is 19.8 Å². The third-order valence-corrected chi connectivity index (χ3v) is 10.3. The number of hydrogen-bond acceptors (Lipinski definition) is 10. The SMILES string of the molecule is CC/C=C/C/C=C/C/C=C/C/C=C/C/C=C/CCCCCC(=O)OC[C@@H](CO[C@H]1O[C@@H](CO)[C@@H](O)C(O)C1O)OC(=O)CCC/C=C/C/C=C/CCCCCCCCCCC. The van der Waals surface area contributed by atoms with Crippen molar-refractivity contribution in [3.8, 4) is 0 Å². The molecule has 0 aromatic rings. The molecule has 0 saturated carbocycles. The van der Waals surface area contributed by atoms with Gasteiger partial charge >= 0.3 is 11.9 Å². The van der Waals surface area contributed by atoms with Gasteiger partial charge in [0.25, 0.3) is 0 Å². The second kappa shape index (κ2) is 40.9. The van der Waals surface area contributed by atoms with Gasteiger partial charge in [-0.05, 0) is 83.5 Å². The molecule has 1 rings (SSSR count). The highest BCUT2D eigenvalue weighted by Crippen LogP contribution is 2.22. The van der Waals surface area contributed by atoms with Crippen LogP contribution in [0.3, 0.4) is 0 Å². The summed E-state index contributed by atoms with van der Waals surface area (Å²) in [5.41, 5.74) is 0. The van der Waals surface area contributed by atoms with Gasteiger partial charge in [-0.3, -0.25) is 9.59 Å². The fraction of sp³-hybridized carbons (Fsp3) is 0.686. The van der Waals surface area contributed by atoms with Gasteiger partial charge in [0.1, 0.15) is 31.0 Å². The van der Waals surface area contributed by atoms with Crippen LogP contribution < -0.4 is 0 Å². The number of rotatable bonds is 38. The first-order valence-corrected chi connectivity index (χ1v) is 23.7. The summed E-state index contributed by atoms with van der Waals surface area (Å²) in [4.78, 5) is 25.4. The first kappa shape index (κ1) is 55.9. The Morgan fingerprint density at radius 2 is 0.984 bits per heavy atom. The predicted octanol–water partition coefficient (Wildman–Crippen LogP) is 10.6. The molecule has 1 aliphatic rings. The quantitative estimate of drug-likeness (QED) is 0.0268. The molecule has 1 aliphatic heterocycles. The van der Waals surface area contributed by atoms with Crippen molar-refractivity contribution in [1.82, 2.24) is 0 Å². The molecule has 2 unspecified atom stereocenters. The van der Waals surface area contributed by atoms with Gasteiger partial charge < -0.3 is 39.4 Å². The average molecular weight is 857 g/mol. The molecule has 1 heterocycles. The second-order valence-electron chi connectivity index (χ2n) is 15.8. The largest absolute Gasteiger partial charge is 0.462 e. The monoisotopic (exact) mass is 857 g/mol. The van der Waals surface area contributed by atoms with Crippen LogP contribution in [0, 0.1) is 0 Å². The van der Waals surface area contributed by atoms with Gasteiger partial charge in [0.05, 0.1) is 13.2 Å². The van der Waals surface area contributed by atoms with Crippen molar-refractivity contribution in [1.29, 1.82) is 0 Å². The minimum Gasteiger partial charge on any atom is -0.462 e. The summed E-state index contributed by atoms with van der Waals surface area (Å²) < 4.78 is 22.1. The van der Waals surface area contributed by atoms with Gasteiger partial charge in [0.15, 0.2) is 12.4 Å². The third-order valence-electron chi connectivity index (χ3n) is 10.3. The molecule has 1 saturated heterocycles. The number of allylic oxidation sites excluding steroid dienone is 14. The molecule has 0 bridgehead atoms. The lowest BCUT2D eigenvalue weighted by molar-refractivity contribution is -0.305. The number of aliphatic hydroxyl groups is 4. The molecule has 61 heavy (non-hydrogen) atoms. The minimum absolute atomic E-state index is 0.154. The zero-order chi connectivity index (χ0) is 44.4. The summed E-state index contributed by atoms with van der Waals surface area (Å²) >= 11 is 0. The fourth-order valence-corrected chi connectivity index (χ4v) is 6.55. The van der Waals surface area contributed by atoms with Crippen molar-refractivity contribution in [2.45, 2.75) is 205 Å². The number of hydrogen-bond donors (Lipinski definition) is 4. The predicted molar refractivity (Wildman–Crippen MR) is 247 cm³/mol. The third kappa shape index (κ3) is 32.3. The van der Waals surface area contributed by atoms with E-state index in [2.05, 4.69) is 98.9 Å². The van der Waals surface area contributed by atoms with Crippen molar-refractivity contribution in [3.05, 3.63) is 85.1 Å². The molecule has 4 N–H and O–H groups in total. The molecule has 348 valence electrons. The molecular weight excluding hydrogens is 773 g/mol. The minimum atomic E-state index is -1.61. The van der Waals surface area contributed by atoms with Crippen molar-refractivity contribution in [3.63, 3.8) is 0 Å². The van der Waals surface area contributed by atoms with Crippen LogP contribution in [0.5, 0.6) is 0 Å². The van der Waals surface area contributed by atoms with E-state index in [4.69, 9.17) is 18.9 Å². The number of carbonyl (C=O) groups excluding carboxylic acids is 2. The fourth-order valence-electron chi connectivity index (χ4n) is 6.55. The Kier molecular flexibility index (Phi) is 37.5. The van der Waals surface area contributed by atoms with Gasteiger partial charge in [0.2, 0.25) is 0 Å². The van der Waals surface area contributed by atoms with E-state index in [1.807, 2.05) is 0 Å². The second-order valence-corrected chi connectivity index (χ2v) is 15.8. The summed E-state index contributed by atoms with van der Waals surface area (Å²) in [6, 6.07) is 0. The maximum absolute atomic E-state index is 12.8. The van der Waals surface area contributed by atoms with Crippen LogP contribution in [0.25, 0.3) is 0 Å². The molecule has 0 amide bonds. The van der Waals surface area contributed by atoms with E-state index in [1.54, 1.807) is 0 Å². The summed E-state index contributed by atoms with van der Waals surface area (Å²) in [7, 11) is 0. The standard InChI is InChI=1S/C51H84O10/c1-3-5-7-9-11-13-15-17-19-21-22-24-25-27-29-31-33-35-37-39-46(53)58-42-44(43-59-51-50(57)49(56)48(55)45(41-52)61-51)60-47(54)40-38-36-34-32-30-28-26-23-20-18-16-14-12-10-8-6-4-2/h5,7,11,13,17,19,22,24,26-29,32,34,44-45,48-52,55-57H,3-4,6,8-10,12,14-16,18,20-21,23,25,30-31,33,35-43H2,1-2H3/b7-5+,13-11+,19-17+,24-22+,28-26+,29-27+,34-32+/t44-,45-,48+,49?,50?,51-/m0/s1. The van der Waals surface area contributed by atoms with Gasteiger partial charge in [0, 0.05) is 12.8 Å². The van der Waals surface area contributed by atoms with Crippen molar-refractivity contribution in [2.24, 2.45) is 0 Å². The lowest BCUT2D eigenvalue weighted by Crippen LogP contribution is -2.59. The van der Waals surface area contributed by atoms with Crippen molar-refractivity contribution >= 4 is 11.9 Å². The summed E-state index contributed by atoms with van der Waals surface area (Å²) in [5.74, 6) is -0.904. The van der Waals surface area contributed by atoms with E-state index in [9.17, 15) is 30.0 Å². The zero-order valence-corrected chi connectivity index (χ0v) is 37.9. The molecule has 10 heteroatoms. The highest BCUT2D eigenvalue weighted by atomic mass is 16.7. The Hall–Kier alpha value is -3.12. The summed E-state index contributed by atoms with van der Waals surface area (Å²) in [6.07, 6.45) is 45.9. The number of carbonyl (C=O) groups is 2. The molecule has 0 spiro atoms. The van der Waals surface area contributed by atoms with Crippen molar-refractivity contribution < 1.29 is 49.0 Å². The topological polar surface area (TPSA) is 152 Å². The Bertz CT molecular complexity index is 1270. The van der Waals surface area contributed by atoms with Gasteiger partial charge in [-0.2, -0.15) is 0 Å². The maximum atomic E-state index is 12.8. The first-order valence-electron chi connectivity index (χ1n) is 23.7. The first-order chi connectivity index (χ1) is 29.8. The van der Waals surface area contributed by atoms with E-state index in [1.165, 1.54) is 57.8 Å². The number of unbranched alkanes of at least 4 members (excludes halogenated alkanes) is 13. The number of ether oxygens (including phenoxy) is 4. The molecule has 6 atom stereocenters. The summed E-state index contributed by atoms with van der Waals surface area (Å²) in [6.45, 7) is 3.22. The highest BCUT2D eigenvalue weighted by molar-refractivity contribution is 5.70. The number of aliphatic hydroxyl groups excluding tert-OH is 4. The Morgan fingerprint density at radius 3 is 1.51 bits per heavy atom. The van der Waals surface area contributed by atoms with E-state index in [-0.39, 0.29) is 26.1 Å². The molecular formula is C51H84O10. The number of esters is 2. The van der Waals surface area contributed by atoms with Crippen LogP contribution in [0.15, 0.2) is 85.1 Å². The Balaban J connectivity index is 2.37. The smallest absolute Gasteiger partial charge is 0.306 e. The molecule has 0 aliphatic carbocycles. The van der Waals surface area contributed by atoms with E-state index < -0.39 is 55.4 Å². The van der Waals surface area contributed by atoms with E-state index in [0.717, 1.165) is 64.2 Å². The van der Waals surface area contributed by atoms with Crippen LogP contribution in [-0.4, -0.2) is 89.0 Å². The van der Waals surface area contributed by atoms with Gasteiger partial charge in [-0.15, -0.1) is 0 Å². The van der Waals surface area contributed by atoms with Crippen LogP contribution in [-0.2, 0) is 28.5 Å². The molecule has 0 radical (unpaired) electrons. The van der Waals surface area contributed by atoms with Crippen LogP contribution >= 0.6 is 0 Å². The van der Waals surface area contributed by atoms with Gasteiger partial charge in [-0.1, -0.05) is 157 Å². The average Bonchev–Trinajstić information content (AvgIpc) is 3.26. The lowest BCUT2D eigenvalue weighted by Gasteiger charge is -2.39. The molecule has 1 fully saturated rings. The Labute approximate surface area is 369 Å². The lowest BCUT2D eigenvalue weighted by atomic mass is 9.99. The normalized spacial score (nSPS) is 20.5. The molecule has 0 aromatic heterocycles. The van der Waals surface area contributed by atoms with Crippen LogP contribution in [0.1, 0.15) is 168 Å². The van der Waals surface area contributed by atoms with E-state index in [0.29, 0.717) is 19.3 Å². The summed E-state index contributed by atoms with van der Waals surface area (Å²) in [5, 5.41) is 40.1. The highest BCUT2D eigenvalue weighted by Gasteiger charge is 2.44. The maximum Gasteiger partial charge on any atom is 0.306 e. The molecule has 0 aromatic carbocycles. The van der Waals surface area contributed by atoms with Gasteiger partial charge in [-0.25, -0.2) is 0 Å². The van der Waals surface area contributed by atoms with Crippen LogP contribution in [0.2, 0.25) is 0 Å². The molecule has 10 nitrogen and oxygen atoms in total. The Morgan fingerprint density at radius 1 is 0.525 bits per heavy atom. The zero-order valence-electron chi connectivity index (χ0n) is 37.9.